The molecule has 0 N–H and O–H groups in total. The molecule has 5 rings (SSSR count). The van der Waals surface area contributed by atoms with Crippen molar-refractivity contribution in [1.29, 1.82) is 0 Å². The molecule has 5 aromatic rings. The largest absolute Gasteiger partial charge is 0.475 e. The number of nitrogens with zero attached hydrogens (tertiary/aromatic N) is 13. The van der Waals surface area contributed by atoms with Gasteiger partial charge < -0.3 is 38.2 Å². The van der Waals surface area contributed by atoms with Crippen molar-refractivity contribution in [3.05, 3.63) is 81.1 Å². The predicted octanol–water partition coefficient (Wildman–Crippen LogP) is 7.05. The first-order valence-electron chi connectivity index (χ1n) is 18.1. The van der Waals surface area contributed by atoms with Crippen molar-refractivity contribution in [3.8, 4) is 29.5 Å². The van der Waals surface area contributed by atoms with Crippen molar-refractivity contribution in [2.45, 2.75) is 19.3 Å². The molecule has 5 heterocycles. The van der Waals surface area contributed by atoms with E-state index in [4.69, 9.17) is 77.0 Å². The molecule has 19 nitrogen and oxygen atoms in total. The van der Waals surface area contributed by atoms with Crippen LogP contribution < -0.4 is 23.7 Å². The Bertz CT molecular complexity index is 2060. The number of rotatable bonds is 19. The fourth-order valence-corrected chi connectivity index (χ4v) is 4.04. The first-order valence-corrected chi connectivity index (χ1v) is 20.0. The van der Waals surface area contributed by atoms with Gasteiger partial charge >= 0.3 is 6.01 Å². The smallest absolute Gasteiger partial charge is 0.320 e. The molecule has 0 aliphatic rings. The highest BCUT2D eigenvalue weighted by Crippen LogP contribution is 2.16. The normalized spacial score (nSPS) is 10.4. The van der Waals surface area contributed by atoms with Crippen molar-refractivity contribution < 1.29 is 59.2 Å². The number of alkyl halides is 4. The zero-order valence-corrected chi connectivity index (χ0v) is 39.1. The molecular weight excluding hydrogens is 1010 g/mol. The van der Waals surface area contributed by atoms with Crippen LogP contribution in [0, 0.1) is 17.5 Å². The summed E-state index contributed by atoms with van der Waals surface area (Å²) < 4.78 is 114. The first kappa shape index (κ1) is 59.2. The molecule has 366 valence electrons. The van der Waals surface area contributed by atoms with Crippen molar-refractivity contribution in [3.63, 3.8) is 0 Å². The van der Waals surface area contributed by atoms with Crippen LogP contribution in [0.1, 0.15) is 6.42 Å². The summed E-state index contributed by atoms with van der Waals surface area (Å²) in [6.45, 7) is 1.47. The van der Waals surface area contributed by atoms with Crippen LogP contribution in [0.15, 0.2) is 37.2 Å². The molecule has 0 spiro atoms. The SMILES string of the molecule is CN(C)CCCOc1nc(Cl)ncc1F.CN(C)CCOc1nc(Cl)ncc1F.COCCOc1nc(Cl)ncc1F.FC(F)COc1ccnc(Cl)n1.FC(F)COc1ncnc(Cl)n1. The van der Waals surface area contributed by atoms with E-state index in [0.29, 0.717) is 26.4 Å². The summed E-state index contributed by atoms with van der Waals surface area (Å²) in [6.07, 6.45) is 1.08. The maximum Gasteiger partial charge on any atom is 0.320 e. The van der Waals surface area contributed by atoms with E-state index in [-0.39, 0.29) is 62.6 Å². The number of aromatic nitrogens is 11. The number of methoxy groups -OCH3 is 1. The minimum atomic E-state index is -2.56. The minimum absolute atomic E-state index is 0.0148. The monoisotopic (exact) mass is 1050 g/mol. The van der Waals surface area contributed by atoms with Crippen LogP contribution in [0.4, 0.5) is 30.7 Å². The molecule has 5 aromatic heterocycles. The van der Waals surface area contributed by atoms with Crippen LogP contribution in [0.25, 0.3) is 0 Å². The molecule has 0 aromatic carbocycles. The Balaban J connectivity index is 0.000000414. The maximum atomic E-state index is 13.0. The third kappa shape index (κ3) is 29.7. The van der Waals surface area contributed by atoms with Gasteiger partial charge in [-0.25, -0.2) is 42.5 Å². The lowest BCUT2D eigenvalue weighted by Crippen LogP contribution is -2.20. The molecule has 0 atom stereocenters. The molecule has 0 aliphatic heterocycles. The van der Waals surface area contributed by atoms with Crippen LogP contribution in [0.5, 0.6) is 29.5 Å². The van der Waals surface area contributed by atoms with E-state index in [1.165, 1.54) is 19.4 Å². The van der Waals surface area contributed by atoms with Gasteiger partial charge in [0.2, 0.25) is 49.7 Å². The Labute approximate surface area is 398 Å². The number of hydrogen-bond donors (Lipinski definition) is 0. The van der Waals surface area contributed by atoms with E-state index < -0.39 is 43.5 Å². The summed E-state index contributed by atoms with van der Waals surface area (Å²) in [6, 6.07) is 1.16. The number of halogens is 12. The second-order valence-corrected chi connectivity index (χ2v) is 13.7. The highest BCUT2D eigenvalue weighted by atomic mass is 35.5. The van der Waals surface area contributed by atoms with E-state index in [9.17, 15) is 30.7 Å². The Morgan fingerprint density at radius 2 is 0.970 bits per heavy atom. The second kappa shape index (κ2) is 34.5. The van der Waals surface area contributed by atoms with E-state index in [0.717, 1.165) is 37.9 Å². The summed E-state index contributed by atoms with van der Waals surface area (Å²) in [7, 11) is 9.23. The van der Waals surface area contributed by atoms with Crippen LogP contribution in [-0.4, -0.2) is 166 Å². The highest BCUT2D eigenvalue weighted by molar-refractivity contribution is 6.29. The highest BCUT2D eigenvalue weighted by Gasteiger charge is 2.10. The van der Waals surface area contributed by atoms with Gasteiger partial charge in [-0.3, -0.25) is 0 Å². The summed E-state index contributed by atoms with van der Waals surface area (Å²) >= 11 is 27.1. The zero-order chi connectivity index (χ0) is 49.4. The van der Waals surface area contributed by atoms with Gasteiger partial charge in [0.05, 0.1) is 31.8 Å². The lowest BCUT2D eigenvalue weighted by molar-refractivity contribution is 0.0768. The standard InChI is InChI=1S/C9H13ClFN3O.C8H11ClFN3O.C7H8ClFN2O2.C6H5ClF2N2O.C5H4ClF2N3O/c1-14(2)4-3-5-15-8-7(11)6-12-9(10)13-8;1-13(2)3-4-14-7-6(10)5-11-8(9)12-7;1-12-2-3-13-6-5(9)4-10-7(8)11-6;7-6-10-2-1-5(11-6)12-3-4(8)9;6-4-9-2-10-5(11-4)12-1-3(7)8/h6H,3-5H2,1-2H3;5H,3-4H2,1-2H3;4H,2-3H2,1H3;1-2,4H,3H2;2-3H,1H2. The van der Waals surface area contributed by atoms with Crippen molar-refractivity contribution in [1.82, 2.24) is 64.6 Å². The van der Waals surface area contributed by atoms with Gasteiger partial charge in [-0.15, -0.1) is 0 Å². The maximum absolute atomic E-state index is 13.0. The third-order valence-corrected chi connectivity index (χ3v) is 7.07. The van der Waals surface area contributed by atoms with Crippen molar-refractivity contribution >= 4 is 58.0 Å². The minimum Gasteiger partial charge on any atom is -0.475 e. The van der Waals surface area contributed by atoms with Gasteiger partial charge in [0.25, 0.3) is 30.5 Å². The molecule has 0 aliphatic carbocycles. The molecule has 0 unspecified atom stereocenters. The number of ether oxygens (including phenoxy) is 6. The average Bonchev–Trinajstić information content (AvgIpc) is 3.25. The third-order valence-electron chi connectivity index (χ3n) is 6.16. The van der Waals surface area contributed by atoms with Gasteiger partial charge in [-0.05, 0) is 92.6 Å². The summed E-state index contributed by atoms with van der Waals surface area (Å²) in [5.41, 5.74) is 0. The van der Waals surface area contributed by atoms with Crippen molar-refractivity contribution in [2.24, 2.45) is 0 Å². The number of hydrogen-bond acceptors (Lipinski definition) is 19. The molecule has 0 radical (unpaired) electrons. The quantitative estimate of drug-likeness (QED) is 0.0462. The van der Waals surface area contributed by atoms with Gasteiger partial charge in [0, 0.05) is 32.5 Å². The summed E-state index contributed by atoms with van der Waals surface area (Å²) in [4.78, 5) is 42.5. The molecule has 0 saturated heterocycles. The Hall–Kier alpha value is -4.83. The molecule has 0 amide bonds. The van der Waals surface area contributed by atoms with Crippen LogP contribution in [0.2, 0.25) is 26.4 Å². The average molecular weight is 1050 g/mol. The topological polar surface area (TPSA) is 204 Å². The van der Waals surface area contributed by atoms with E-state index >= 15 is 0 Å². The fraction of sp³-hybridized carbons (Fsp3) is 0.457. The van der Waals surface area contributed by atoms with Crippen LogP contribution in [-0.2, 0) is 4.74 Å². The number of likely N-dealkylation sites (N-methyl/N-ethyl adjacent to an activating group) is 1. The fourth-order valence-electron chi connectivity index (χ4n) is 3.41. The lowest BCUT2D eigenvalue weighted by Gasteiger charge is -2.10. The molecule has 0 bridgehead atoms. The second-order valence-electron chi connectivity index (χ2n) is 12.0. The van der Waals surface area contributed by atoms with Gasteiger partial charge in [-0.2, -0.15) is 43.1 Å². The predicted molar refractivity (Wildman–Crippen MR) is 226 cm³/mol. The lowest BCUT2D eigenvalue weighted by atomic mass is 10.4. The van der Waals surface area contributed by atoms with E-state index in [1.54, 1.807) is 0 Å². The van der Waals surface area contributed by atoms with Gasteiger partial charge in [0.15, 0.2) is 13.2 Å². The van der Waals surface area contributed by atoms with Crippen LogP contribution in [0.3, 0.4) is 0 Å². The summed E-state index contributed by atoms with van der Waals surface area (Å²) in [5, 5.41) is -0.199. The molecular formula is C35H41Cl5F7N13O6. The molecule has 66 heavy (non-hydrogen) atoms. The Morgan fingerprint density at radius 3 is 1.42 bits per heavy atom. The van der Waals surface area contributed by atoms with Gasteiger partial charge in [0.1, 0.15) is 19.5 Å². The molecule has 0 fully saturated rings. The molecule has 0 saturated carbocycles. The summed E-state index contributed by atoms with van der Waals surface area (Å²) in [5.74, 6) is -2.13. The van der Waals surface area contributed by atoms with Crippen molar-refractivity contribution in [2.75, 3.05) is 88.0 Å². The van der Waals surface area contributed by atoms with E-state index in [2.05, 4.69) is 64.3 Å². The van der Waals surface area contributed by atoms with Gasteiger partial charge in [-0.1, -0.05) is 0 Å². The Morgan fingerprint density at radius 1 is 0.515 bits per heavy atom. The zero-order valence-electron chi connectivity index (χ0n) is 35.3. The Kier molecular flexibility index (Phi) is 30.9. The first-order chi connectivity index (χ1) is 31.3. The van der Waals surface area contributed by atoms with Crippen LogP contribution >= 0.6 is 58.0 Å². The molecule has 31 heteroatoms. The van der Waals surface area contributed by atoms with E-state index in [1.807, 2.05) is 38.0 Å².